The lowest BCUT2D eigenvalue weighted by atomic mass is 9.85. The Hall–Kier alpha value is -1.62. The molecule has 0 saturated heterocycles. The summed E-state index contributed by atoms with van der Waals surface area (Å²) < 4.78 is 1.83. The van der Waals surface area contributed by atoms with Crippen molar-refractivity contribution in [3.8, 4) is 11.4 Å². The number of hydrogen-bond acceptors (Lipinski definition) is 4. The predicted molar refractivity (Wildman–Crippen MR) is 70.0 cm³/mol. The Bertz CT molecular complexity index is 561. The van der Waals surface area contributed by atoms with Crippen LogP contribution in [-0.4, -0.2) is 20.2 Å². The second kappa shape index (κ2) is 4.57. The molecule has 3 rings (SSSR count). The number of anilines is 1. The van der Waals surface area contributed by atoms with Gasteiger partial charge in [0.1, 0.15) is 0 Å². The van der Waals surface area contributed by atoms with E-state index < -0.39 is 0 Å². The standard InChI is InChI=1S/C12H14ClN5/c13-11-6-9(14)4-5-10(11)12-15-16-17-18(12)7-8-2-1-3-8/h4-6,8H,1-3,7,14H2. The monoisotopic (exact) mass is 263 g/mol. The van der Waals surface area contributed by atoms with Crippen molar-refractivity contribution in [3.05, 3.63) is 23.2 Å². The zero-order chi connectivity index (χ0) is 12.5. The molecule has 1 heterocycles. The highest BCUT2D eigenvalue weighted by Crippen LogP contribution is 2.31. The van der Waals surface area contributed by atoms with Crippen LogP contribution in [0.5, 0.6) is 0 Å². The quantitative estimate of drug-likeness (QED) is 0.863. The second-order valence-electron chi connectivity index (χ2n) is 4.72. The highest BCUT2D eigenvalue weighted by Gasteiger charge is 2.21. The number of halogens is 1. The van der Waals surface area contributed by atoms with Crippen LogP contribution in [0.3, 0.4) is 0 Å². The summed E-state index contributed by atoms with van der Waals surface area (Å²) in [4.78, 5) is 0. The van der Waals surface area contributed by atoms with E-state index in [9.17, 15) is 0 Å². The summed E-state index contributed by atoms with van der Waals surface area (Å²) in [5.74, 6) is 1.41. The van der Waals surface area contributed by atoms with E-state index in [1.165, 1.54) is 19.3 Å². The van der Waals surface area contributed by atoms with Gasteiger partial charge in [-0.2, -0.15) is 0 Å². The van der Waals surface area contributed by atoms with Gasteiger partial charge in [0.05, 0.1) is 5.02 Å². The number of tetrazole rings is 1. The number of nitrogen functional groups attached to an aromatic ring is 1. The lowest BCUT2D eigenvalue weighted by Gasteiger charge is -2.25. The van der Waals surface area contributed by atoms with Crippen LogP contribution in [-0.2, 0) is 6.54 Å². The molecule has 0 radical (unpaired) electrons. The molecule has 0 amide bonds. The van der Waals surface area contributed by atoms with E-state index in [2.05, 4.69) is 15.5 Å². The van der Waals surface area contributed by atoms with Crippen molar-refractivity contribution in [2.45, 2.75) is 25.8 Å². The predicted octanol–water partition coefficient (Wildman–Crippen LogP) is 2.38. The first-order valence-corrected chi connectivity index (χ1v) is 6.43. The van der Waals surface area contributed by atoms with E-state index in [0.717, 1.165) is 12.1 Å². The van der Waals surface area contributed by atoms with Crippen LogP contribution in [0.2, 0.25) is 5.02 Å². The molecule has 2 N–H and O–H groups in total. The largest absolute Gasteiger partial charge is 0.399 e. The van der Waals surface area contributed by atoms with E-state index in [-0.39, 0.29) is 0 Å². The molecule has 0 spiro atoms. The van der Waals surface area contributed by atoms with Crippen LogP contribution in [0.15, 0.2) is 18.2 Å². The fourth-order valence-electron chi connectivity index (χ4n) is 2.15. The highest BCUT2D eigenvalue weighted by molar-refractivity contribution is 6.33. The maximum absolute atomic E-state index is 6.19. The maximum atomic E-state index is 6.19. The maximum Gasteiger partial charge on any atom is 0.183 e. The average molecular weight is 264 g/mol. The lowest BCUT2D eigenvalue weighted by Crippen LogP contribution is -2.19. The highest BCUT2D eigenvalue weighted by atomic mass is 35.5. The Balaban J connectivity index is 1.93. The van der Waals surface area contributed by atoms with Gasteiger partial charge in [0, 0.05) is 17.8 Å². The van der Waals surface area contributed by atoms with Gasteiger partial charge in [0.25, 0.3) is 0 Å². The molecule has 0 unspecified atom stereocenters. The molecule has 1 aliphatic rings. The molecule has 1 saturated carbocycles. The van der Waals surface area contributed by atoms with Gasteiger partial charge in [-0.15, -0.1) is 5.10 Å². The molecule has 0 bridgehead atoms. The number of nitrogens with zero attached hydrogens (tertiary/aromatic N) is 4. The smallest absolute Gasteiger partial charge is 0.183 e. The fourth-order valence-corrected chi connectivity index (χ4v) is 2.43. The van der Waals surface area contributed by atoms with Gasteiger partial charge in [-0.05, 0) is 47.4 Å². The first kappa shape index (κ1) is 11.5. The minimum Gasteiger partial charge on any atom is -0.399 e. The third-order valence-electron chi connectivity index (χ3n) is 3.42. The summed E-state index contributed by atoms with van der Waals surface area (Å²) in [7, 11) is 0. The summed E-state index contributed by atoms with van der Waals surface area (Å²) in [5, 5.41) is 12.4. The Labute approximate surface area is 110 Å². The summed E-state index contributed by atoms with van der Waals surface area (Å²) in [6, 6.07) is 5.39. The zero-order valence-electron chi connectivity index (χ0n) is 9.88. The lowest BCUT2D eigenvalue weighted by molar-refractivity contribution is 0.265. The van der Waals surface area contributed by atoms with Crippen LogP contribution in [0.1, 0.15) is 19.3 Å². The van der Waals surface area contributed by atoms with Crippen molar-refractivity contribution in [3.63, 3.8) is 0 Å². The van der Waals surface area contributed by atoms with Crippen molar-refractivity contribution < 1.29 is 0 Å². The molecule has 18 heavy (non-hydrogen) atoms. The van der Waals surface area contributed by atoms with Gasteiger partial charge in [0.2, 0.25) is 0 Å². The number of aromatic nitrogens is 4. The van der Waals surface area contributed by atoms with E-state index in [4.69, 9.17) is 17.3 Å². The van der Waals surface area contributed by atoms with E-state index in [1.807, 2.05) is 16.8 Å². The third-order valence-corrected chi connectivity index (χ3v) is 3.73. The Kier molecular flexibility index (Phi) is 2.91. The Morgan fingerprint density at radius 1 is 1.39 bits per heavy atom. The Morgan fingerprint density at radius 2 is 2.22 bits per heavy atom. The Morgan fingerprint density at radius 3 is 2.89 bits per heavy atom. The van der Waals surface area contributed by atoms with E-state index >= 15 is 0 Å². The van der Waals surface area contributed by atoms with Crippen LogP contribution >= 0.6 is 11.6 Å². The molecule has 1 aromatic carbocycles. The molecule has 5 nitrogen and oxygen atoms in total. The minimum absolute atomic E-state index is 0.583. The molecular weight excluding hydrogens is 250 g/mol. The summed E-state index contributed by atoms with van der Waals surface area (Å²) >= 11 is 6.19. The molecule has 94 valence electrons. The summed E-state index contributed by atoms with van der Waals surface area (Å²) in [6.07, 6.45) is 3.83. The van der Waals surface area contributed by atoms with Crippen LogP contribution in [0.25, 0.3) is 11.4 Å². The van der Waals surface area contributed by atoms with Crippen LogP contribution in [0.4, 0.5) is 5.69 Å². The average Bonchev–Trinajstić information content (AvgIpc) is 2.71. The van der Waals surface area contributed by atoms with Crippen molar-refractivity contribution >= 4 is 17.3 Å². The molecule has 0 atom stereocenters. The van der Waals surface area contributed by atoms with Gasteiger partial charge >= 0.3 is 0 Å². The number of nitrogens with two attached hydrogens (primary N) is 1. The number of benzene rings is 1. The topological polar surface area (TPSA) is 69.6 Å². The molecule has 1 fully saturated rings. The molecule has 1 aliphatic carbocycles. The normalized spacial score (nSPS) is 15.6. The minimum atomic E-state index is 0.583. The van der Waals surface area contributed by atoms with E-state index in [1.54, 1.807) is 6.07 Å². The van der Waals surface area contributed by atoms with Crippen molar-refractivity contribution in [2.75, 3.05) is 5.73 Å². The van der Waals surface area contributed by atoms with Gasteiger partial charge < -0.3 is 5.73 Å². The molecule has 0 aliphatic heterocycles. The van der Waals surface area contributed by atoms with E-state index in [0.29, 0.717) is 22.5 Å². The summed E-state index contributed by atoms with van der Waals surface area (Å²) in [5.41, 5.74) is 7.16. The fraction of sp³-hybridized carbons (Fsp3) is 0.417. The number of rotatable bonds is 3. The van der Waals surface area contributed by atoms with Crippen molar-refractivity contribution in [2.24, 2.45) is 5.92 Å². The first-order chi connectivity index (χ1) is 8.74. The van der Waals surface area contributed by atoms with Gasteiger partial charge in [-0.3, -0.25) is 0 Å². The van der Waals surface area contributed by atoms with Gasteiger partial charge in [-0.25, -0.2) is 4.68 Å². The molecule has 1 aromatic heterocycles. The molecule has 2 aromatic rings. The van der Waals surface area contributed by atoms with Gasteiger partial charge in [-0.1, -0.05) is 18.0 Å². The summed E-state index contributed by atoms with van der Waals surface area (Å²) in [6.45, 7) is 0.864. The number of hydrogen-bond donors (Lipinski definition) is 1. The zero-order valence-corrected chi connectivity index (χ0v) is 10.6. The SMILES string of the molecule is Nc1ccc(-c2nnnn2CC2CCC2)c(Cl)c1. The van der Waals surface area contributed by atoms with Gasteiger partial charge in [0.15, 0.2) is 5.82 Å². The van der Waals surface area contributed by atoms with Crippen LogP contribution in [0, 0.1) is 5.92 Å². The third kappa shape index (κ3) is 2.06. The van der Waals surface area contributed by atoms with Crippen LogP contribution < -0.4 is 5.73 Å². The molecular formula is C12H14ClN5. The van der Waals surface area contributed by atoms with Crippen molar-refractivity contribution in [1.29, 1.82) is 0 Å². The second-order valence-corrected chi connectivity index (χ2v) is 5.13. The molecule has 6 heteroatoms. The van der Waals surface area contributed by atoms with Crippen molar-refractivity contribution in [1.82, 2.24) is 20.2 Å². The first-order valence-electron chi connectivity index (χ1n) is 6.05.